The monoisotopic (exact) mass is 309 g/mol. The highest BCUT2D eigenvalue weighted by Crippen LogP contribution is 2.17. The molecule has 23 heavy (non-hydrogen) atoms. The number of nitrogens with one attached hydrogen (secondary N) is 1. The maximum atomic E-state index is 10.6. The topological polar surface area (TPSA) is 67.5 Å². The van der Waals surface area contributed by atoms with Crippen LogP contribution < -0.4 is 11.1 Å². The molecular weight excluding hydrogens is 286 g/mol. The molecule has 3 N–H and O–H groups in total. The number of benzene rings is 2. The van der Waals surface area contributed by atoms with Crippen LogP contribution in [0.2, 0.25) is 0 Å². The first-order valence-corrected chi connectivity index (χ1v) is 7.64. The third-order valence-electron chi connectivity index (χ3n) is 3.75. The number of aliphatic imine (C=N–C) groups is 1. The van der Waals surface area contributed by atoms with E-state index in [4.69, 9.17) is 5.73 Å². The molecule has 120 valence electrons. The normalized spacial score (nSPS) is 12.0. The van der Waals surface area contributed by atoms with Crippen LogP contribution in [0.1, 0.15) is 38.2 Å². The molecule has 1 aliphatic rings. The van der Waals surface area contributed by atoms with Crippen LogP contribution in [0.3, 0.4) is 0 Å². The van der Waals surface area contributed by atoms with Crippen LogP contribution in [0.4, 0.5) is 0 Å². The van der Waals surface area contributed by atoms with E-state index in [-0.39, 0.29) is 0 Å². The molecule has 0 radical (unpaired) electrons. The predicted molar refractivity (Wildman–Crippen MR) is 94.9 cm³/mol. The summed E-state index contributed by atoms with van der Waals surface area (Å²) in [6.07, 6.45) is 0.895. The Morgan fingerprint density at radius 3 is 2.57 bits per heavy atom. The summed E-state index contributed by atoms with van der Waals surface area (Å²) in [7, 11) is 1.87. The lowest BCUT2D eigenvalue weighted by Gasteiger charge is -2.04. The average molecular weight is 309 g/mol. The van der Waals surface area contributed by atoms with Crippen molar-refractivity contribution in [3.63, 3.8) is 0 Å². The van der Waals surface area contributed by atoms with Crippen LogP contribution in [0.5, 0.6) is 0 Å². The van der Waals surface area contributed by atoms with Crippen molar-refractivity contribution in [2.75, 3.05) is 7.05 Å². The number of amidine groups is 1. The lowest BCUT2D eigenvalue weighted by molar-refractivity contribution is 0.112. The van der Waals surface area contributed by atoms with Crippen molar-refractivity contribution < 1.29 is 4.79 Å². The van der Waals surface area contributed by atoms with E-state index in [2.05, 4.69) is 29.4 Å². The molecule has 1 aliphatic heterocycles. The molecule has 0 aliphatic carbocycles. The van der Waals surface area contributed by atoms with Gasteiger partial charge in [-0.3, -0.25) is 9.79 Å². The van der Waals surface area contributed by atoms with Gasteiger partial charge < -0.3 is 11.1 Å². The first kappa shape index (κ1) is 16.9. The highest BCUT2D eigenvalue weighted by atomic mass is 16.1. The van der Waals surface area contributed by atoms with E-state index >= 15 is 0 Å². The Labute approximate surface area is 137 Å². The third kappa shape index (κ3) is 4.27. The molecule has 0 spiro atoms. The fourth-order valence-corrected chi connectivity index (χ4v) is 2.55. The van der Waals surface area contributed by atoms with E-state index in [1.807, 2.05) is 38.2 Å². The molecule has 3 rings (SSSR count). The minimum atomic E-state index is 0.681. The van der Waals surface area contributed by atoms with Gasteiger partial charge in [-0.25, -0.2) is 0 Å². The van der Waals surface area contributed by atoms with Crippen LogP contribution in [0.25, 0.3) is 0 Å². The van der Waals surface area contributed by atoms with E-state index in [1.165, 1.54) is 16.7 Å². The van der Waals surface area contributed by atoms with E-state index in [9.17, 15) is 4.79 Å². The molecule has 2 aromatic rings. The highest BCUT2D eigenvalue weighted by Gasteiger charge is 2.11. The number of nitrogens with two attached hydrogens (primary N) is 1. The number of aryl methyl sites for hydroxylation is 2. The first-order chi connectivity index (χ1) is 11.0. The number of rotatable bonds is 3. The Balaban J connectivity index is 0.000000167. The maximum absolute atomic E-state index is 10.6. The van der Waals surface area contributed by atoms with Crippen molar-refractivity contribution in [2.24, 2.45) is 10.7 Å². The summed E-state index contributed by atoms with van der Waals surface area (Å²) in [6, 6.07) is 12.1. The Bertz CT molecular complexity index is 735. The van der Waals surface area contributed by atoms with Crippen LogP contribution in [0.15, 0.2) is 41.4 Å². The Hall–Kier alpha value is -2.46. The number of fused-ring (bicyclic) bond motifs is 1. The summed E-state index contributed by atoms with van der Waals surface area (Å²) in [5.41, 5.74) is 12.3. The third-order valence-corrected chi connectivity index (χ3v) is 3.75. The summed E-state index contributed by atoms with van der Waals surface area (Å²) in [4.78, 5) is 14.7. The van der Waals surface area contributed by atoms with Gasteiger partial charge in [0.15, 0.2) is 0 Å². The van der Waals surface area contributed by atoms with Crippen LogP contribution in [-0.4, -0.2) is 19.2 Å². The minimum absolute atomic E-state index is 0.681. The fraction of sp³-hybridized carbons (Fsp3) is 0.263. The van der Waals surface area contributed by atoms with Crippen LogP contribution in [-0.2, 0) is 13.1 Å². The number of aldehydes is 1. The molecule has 0 atom stereocenters. The summed E-state index contributed by atoms with van der Waals surface area (Å²) < 4.78 is 0. The lowest BCUT2D eigenvalue weighted by Crippen LogP contribution is -2.10. The predicted octanol–water partition coefficient (Wildman–Crippen LogP) is 2.74. The molecule has 0 bridgehead atoms. The standard InChI is InChI=1S/C10H13NO.C9H10N2/c1-8-3-4-9(7-12)10(5-8)6-11-2;1-6-2-3-8-7(4-6)5-11-9(8)10/h3-5,7,11H,6H2,1-2H3;2-4H,5H2,1H3,(H2,10,11). The molecule has 4 nitrogen and oxygen atoms in total. The largest absolute Gasteiger partial charge is 0.383 e. The van der Waals surface area contributed by atoms with Gasteiger partial charge in [-0.15, -0.1) is 0 Å². The quantitative estimate of drug-likeness (QED) is 0.857. The zero-order valence-electron chi connectivity index (χ0n) is 13.9. The number of hydrogen-bond donors (Lipinski definition) is 2. The molecule has 0 saturated heterocycles. The molecular formula is C19H23N3O. The van der Waals surface area contributed by atoms with Crippen molar-refractivity contribution in [2.45, 2.75) is 26.9 Å². The Morgan fingerprint density at radius 2 is 1.87 bits per heavy atom. The smallest absolute Gasteiger partial charge is 0.150 e. The van der Waals surface area contributed by atoms with E-state index in [1.54, 1.807) is 0 Å². The molecule has 0 amide bonds. The number of hydrogen-bond acceptors (Lipinski definition) is 4. The lowest BCUT2D eigenvalue weighted by atomic mass is 10.1. The second-order valence-corrected chi connectivity index (χ2v) is 5.71. The van der Waals surface area contributed by atoms with Gasteiger partial charge in [-0.2, -0.15) is 0 Å². The van der Waals surface area contributed by atoms with Gasteiger partial charge in [-0.05, 0) is 32.0 Å². The zero-order chi connectivity index (χ0) is 16.8. The van der Waals surface area contributed by atoms with Gasteiger partial charge in [-0.1, -0.05) is 47.5 Å². The molecule has 0 fully saturated rings. The van der Waals surface area contributed by atoms with Gasteiger partial charge in [0.1, 0.15) is 12.1 Å². The van der Waals surface area contributed by atoms with Gasteiger partial charge in [0.2, 0.25) is 0 Å². The fourth-order valence-electron chi connectivity index (χ4n) is 2.55. The molecule has 0 aromatic heterocycles. The van der Waals surface area contributed by atoms with Crippen LogP contribution in [0, 0.1) is 13.8 Å². The summed E-state index contributed by atoms with van der Waals surface area (Å²) in [5, 5.41) is 3.03. The zero-order valence-corrected chi connectivity index (χ0v) is 13.9. The van der Waals surface area contributed by atoms with Crippen LogP contribution >= 0.6 is 0 Å². The highest BCUT2D eigenvalue weighted by molar-refractivity contribution is 6.00. The SMILES string of the molecule is CNCc1cc(C)ccc1C=O.Cc1ccc2c(c1)CN=C2N. The number of carbonyl (C=O) groups is 1. The van der Waals surface area contributed by atoms with Gasteiger partial charge in [0.25, 0.3) is 0 Å². The first-order valence-electron chi connectivity index (χ1n) is 7.64. The van der Waals surface area contributed by atoms with E-state index < -0.39 is 0 Å². The van der Waals surface area contributed by atoms with Crippen molar-refractivity contribution in [1.29, 1.82) is 0 Å². The molecule has 0 unspecified atom stereocenters. The average Bonchev–Trinajstić information content (AvgIpc) is 2.89. The minimum Gasteiger partial charge on any atom is -0.383 e. The number of carbonyl (C=O) groups excluding carboxylic acids is 1. The van der Waals surface area contributed by atoms with Gasteiger partial charge in [0, 0.05) is 17.7 Å². The van der Waals surface area contributed by atoms with Crippen molar-refractivity contribution in [3.8, 4) is 0 Å². The molecule has 2 aromatic carbocycles. The summed E-state index contributed by atoms with van der Waals surface area (Å²) in [5.74, 6) is 0.681. The van der Waals surface area contributed by atoms with E-state index in [0.29, 0.717) is 5.84 Å². The maximum Gasteiger partial charge on any atom is 0.150 e. The molecule has 0 saturated carbocycles. The van der Waals surface area contributed by atoms with Crippen molar-refractivity contribution in [3.05, 3.63) is 69.8 Å². The number of nitrogens with zero attached hydrogens (tertiary/aromatic N) is 1. The Kier molecular flexibility index (Phi) is 5.66. The molecule has 4 heteroatoms. The second kappa shape index (κ2) is 7.70. The Morgan fingerprint density at radius 1 is 1.17 bits per heavy atom. The van der Waals surface area contributed by atoms with Gasteiger partial charge >= 0.3 is 0 Å². The van der Waals surface area contributed by atoms with Crippen molar-refractivity contribution in [1.82, 2.24) is 5.32 Å². The summed E-state index contributed by atoms with van der Waals surface area (Å²) in [6.45, 7) is 5.60. The second-order valence-electron chi connectivity index (χ2n) is 5.71. The molecule has 1 heterocycles. The van der Waals surface area contributed by atoms with Gasteiger partial charge in [0.05, 0.1) is 6.54 Å². The summed E-state index contributed by atoms with van der Waals surface area (Å²) >= 11 is 0. The van der Waals surface area contributed by atoms with E-state index in [0.717, 1.165) is 36.1 Å². The van der Waals surface area contributed by atoms with Crippen molar-refractivity contribution >= 4 is 12.1 Å².